The summed E-state index contributed by atoms with van der Waals surface area (Å²) in [7, 11) is 0. The molecule has 0 unspecified atom stereocenters. The monoisotopic (exact) mass is 253 g/mol. The first-order valence-corrected chi connectivity index (χ1v) is 5.35. The lowest BCUT2D eigenvalue weighted by Gasteiger charge is -2.07. The summed E-state index contributed by atoms with van der Waals surface area (Å²) in [5.74, 6) is -0.558. The number of carbonyl (C=O) groups excluding carboxylic acids is 1. The van der Waals surface area contributed by atoms with Gasteiger partial charge in [-0.3, -0.25) is 9.63 Å². The minimum absolute atomic E-state index is 0.109. The molecule has 0 spiro atoms. The van der Waals surface area contributed by atoms with Crippen molar-refractivity contribution in [2.75, 3.05) is 6.61 Å². The summed E-state index contributed by atoms with van der Waals surface area (Å²) in [6.07, 6.45) is -3.82. The molecule has 0 saturated heterocycles. The molecule has 0 aliphatic carbocycles. The molecule has 7 heteroatoms. The quantitative estimate of drug-likeness (QED) is 0.818. The molecule has 90 valence electrons. The second-order valence-electron chi connectivity index (χ2n) is 3.01. The standard InChI is InChI=1S/C9H10F3NO2S/c10-9(11,12)6-15-13-8(14)4-3-7-2-1-5-16-7/h1-2,5H,3-4,6H2,(H,13,14). The lowest BCUT2D eigenvalue weighted by atomic mass is 10.2. The SMILES string of the molecule is O=C(CCc1cccs1)NOCC(F)(F)F. The number of rotatable bonds is 5. The van der Waals surface area contributed by atoms with Gasteiger partial charge in [-0.25, -0.2) is 5.48 Å². The highest BCUT2D eigenvalue weighted by atomic mass is 32.1. The highest BCUT2D eigenvalue weighted by Gasteiger charge is 2.28. The molecule has 1 amide bonds. The zero-order chi connectivity index (χ0) is 12.0. The summed E-state index contributed by atoms with van der Waals surface area (Å²) in [4.78, 5) is 16.0. The Morgan fingerprint density at radius 2 is 2.25 bits per heavy atom. The molecule has 16 heavy (non-hydrogen) atoms. The van der Waals surface area contributed by atoms with Crippen LogP contribution in [0.4, 0.5) is 13.2 Å². The molecule has 3 nitrogen and oxygen atoms in total. The van der Waals surface area contributed by atoms with Crippen LogP contribution in [0.25, 0.3) is 0 Å². The molecule has 0 atom stereocenters. The van der Waals surface area contributed by atoms with Crippen LogP contribution in [0.1, 0.15) is 11.3 Å². The van der Waals surface area contributed by atoms with Gasteiger partial charge < -0.3 is 0 Å². The molecule has 1 heterocycles. The molecule has 1 N–H and O–H groups in total. The zero-order valence-corrected chi connectivity index (χ0v) is 9.03. The van der Waals surface area contributed by atoms with Crippen molar-refractivity contribution in [3.05, 3.63) is 22.4 Å². The predicted octanol–water partition coefficient (Wildman–Crippen LogP) is 2.29. The first kappa shape index (κ1) is 13.0. The number of carbonyl (C=O) groups is 1. The Bertz CT molecular complexity index is 324. The van der Waals surface area contributed by atoms with Crippen LogP contribution in [-0.4, -0.2) is 18.7 Å². The Balaban J connectivity index is 2.12. The third-order valence-corrected chi connectivity index (χ3v) is 2.54. The number of hydrogen-bond donors (Lipinski definition) is 1. The maximum Gasteiger partial charge on any atom is 0.414 e. The number of hydroxylamine groups is 1. The van der Waals surface area contributed by atoms with E-state index in [0.29, 0.717) is 6.42 Å². The van der Waals surface area contributed by atoms with Crippen LogP contribution < -0.4 is 5.48 Å². The summed E-state index contributed by atoms with van der Waals surface area (Å²) in [6.45, 7) is -1.47. The van der Waals surface area contributed by atoms with Crippen molar-refractivity contribution in [1.29, 1.82) is 0 Å². The van der Waals surface area contributed by atoms with Crippen LogP contribution >= 0.6 is 11.3 Å². The average Bonchev–Trinajstić information content (AvgIpc) is 2.65. The first-order valence-electron chi connectivity index (χ1n) is 4.47. The maximum absolute atomic E-state index is 11.6. The highest BCUT2D eigenvalue weighted by Crippen LogP contribution is 2.14. The molecule has 1 aromatic rings. The van der Waals surface area contributed by atoms with Gasteiger partial charge in [-0.2, -0.15) is 13.2 Å². The molecule has 0 aliphatic rings. The second kappa shape index (κ2) is 5.86. The molecule has 0 fully saturated rings. The third-order valence-electron chi connectivity index (χ3n) is 1.60. The van der Waals surface area contributed by atoms with E-state index in [0.717, 1.165) is 4.88 Å². The molecule has 0 radical (unpaired) electrons. The summed E-state index contributed by atoms with van der Waals surface area (Å²) < 4.78 is 34.9. The number of nitrogens with one attached hydrogen (secondary N) is 1. The lowest BCUT2D eigenvalue weighted by molar-refractivity contribution is -0.191. The number of aryl methyl sites for hydroxylation is 1. The van der Waals surface area contributed by atoms with Crippen LogP contribution in [0.15, 0.2) is 17.5 Å². The number of alkyl halides is 3. The Hall–Kier alpha value is -1.08. The molecular weight excluding hydrogens is 243 g/mol. The molecule has 0 aromatic carbocycles. The van der Waals surface area contributed by atoms with Gasteiger partial charge in [0.2, 0.25) is 5.91 Å². The van der Waals surface area contributed by atoms with Crippen molar-refractivity contribution in [2.45, 2.75) is 19.0 Å². The fraction of sp³-hybridized carbons (Fsp3) is 0.444. The Morgan fingerprint density at radius 1 is 1.50 bits per heavy atom. The van der Waals surface area contributed by atoms with Gasteiger partial charge in [0.25, 0.3) is 0 Å². The van der Waals surface area contributed by atoms with Gasteiger partial charge in [0.05, 0.1) is 0 Å². The van der Waals surface area contributed by atoms with Crippen molar-refractivity contribution < 1.29 is 22.8 Å². The van der Waals surface area contributed by atoms with Crippen molar-refractivity contribution in [3.8, 4) is 0 Å². The van der Waals surface area contributed by atoms with E-state index < -0.39 is 18.7 Å². The Morgan fingerprint density at radius 3 is 2.81 bits per heavy atom. The van der Waals surface area contributed by atoms with Crippen molar-refractivity contribution in [3.63, 3.8) is 0 Å². The minimum atomic E-state index is -4.43. The van der Waals surface area contributed by atoms with Crippen molar-refractivity contribution in [1.82, 2.24) is 5.48 Å². The zero-order valence-electron chi connectivity index (χ0n) is 8.21. The Kier molecular flexibility index (Phi) is 4.75. The van der Waals surface area contributed by atoms with Gasteiger partial charge in [-0.15, -0.1) is 11.3 Å². The van der Waals surface area contributed by atoms with E-state index in [4.69, 9.17) is 0 Å². The maximum atomic E-state index is 11.6. The minimum Gasteiger partial charge on any atom is -0.273 e. The summed E-state index contributed by atoms with van der Waals surface area (Å²) in [5.41, 5.74) is 1.75. The van der Waals surface area contributed by atoms with Crippen LogP contribution in [0, 0.1) is 0 Å². The number of halogens is 3. The first-order chi connectivity index (χ1) is 7.47. The van der Waals surface area contributed by atoms with Crippen LogP contribution in [0.2, 0.25) is 0 Å². The van der Waals surface area contributed by atoms with Crippen LogP contribution in [0.3, 0.4) is 0 Å². The van der Waals surface area contributed by atoms with Gasteiger partial charge in [0.1, 0.15) is 0 Å². The number of thiophene rings is 1. The molecular formula is C9H10F3NO2S. The van der Waals surface area contributed by atoms with E-state index >= 15 is 0 Å². The largest absolute Gasteiger partial charge is 0.414 e. The second-order valence-corrected chi connectivity index (χ2v) is 4.04. The molecule has 1 rings (SSSR count). The lowest BCUT2D eigenvalue weighted by Crippen LogP contribution is -2.29. The average molecular weight is 253 g/mol. The van der Waals surface area contributed by atoms with E-state index in [2.05, 4.69) is 4.84 Å². The van der Waals surface area contributed by atoms with Crippen molar-refractivity contribution >= 4 is 17.2 Å². The molecule has 1 aromatic heterocycles. The highest BCUT2D eigenvalue weighted by molar-refractivity contribution is 7.09. The van der Waals surface area contributed by atoms with Crippen LogP contribution in [-0.2, 0) is 16.1 Å². The normalized spacial score (nSPS) is 11.4. The summed E-state index contributed by atoms with van der Waals surface area (Å²) >= 11 is 1.49. The smallest absolute Gasteiger partial charge is 0.273 e. The molecule has 0 bridgehead atoms. The fourth-order valence-electron chi connectivity index (χ4n) is 0.941. The summed E-state index contributed by atoms with van der Waals surface area (Å²) in [5, 5.41) is 1.87. The van der Waals surface area contributed by atoms with E-state index in [1.807, 2.05) is 17.5 Å². The number of hydrogen-bond acceptors (Lipinski definition) is 3. The Labute approximate surface area is 94.2 Å². The van der Waals surface area contributed by atoms with Crippen molar-refractivity contribution in [2.24, 2.45) is 0 Å². The van der Waals surface area contributed by atoms with E-state index in [9.17, 15) is 18.0 Å². The van der Waals surface area contributed by atoms with E-state index in [1.54, 1.807) is 5.48 Å². The van der Waals surface area contributed by atoms with Gasteiger partial charge >= 0.3 is 6.18 Å². The topological polar surface area (TPSA) is 38.3 Å². The number of amides is 1. The third kappa shape index (κ3) is 5.72. The van der Waals surface area contributed by atoms with E-state index in [1.165, 1.54) is 11.3 Å². The summed E-state index contributed by atoms with van der Waals surface area (Å²) in [6, 6.07) is 3.70. The molecule has 0 saturated carbocycles. The van der Waals surface area contributed by atoms with Crippen LogP contribution in [0.5, 0.6) is 0 Å². The molecule has 0 aliphatic heterocycles. The van der Waals surface area contributed by atoms with Gasteiger partial charge in [-0.05, 0) is 17.9 Å². The predicted molar refractivity (Wildman–Crippen MR) is 52.8 cm³/mol. The van der Waals surface area contributed by atoms with Gasteiger partial charge in [0, 0.05) is 11.3 Å². The van der Waals surface area contributed by atoms with Gasteiger partial charge in [-0.1, -0.05) is 6.07 Å². The fourth-order valence-corrected chi connectivity index (χ4v) is 1.65. The van der Waals surface area contributed by atoms with Gasteiger partial charge in [0.15, 0.2) is 6.61 Å². The van der Waals surface area contributed by atoms with E-state index in [-0.39, 0.29) is 6.42 Å².